The normalized spacial score (nSPS) is 25.2. The Hall–Kier alpha value is -1.88. The summed E-state index contributed by atoms with van der Waals surface area (Å²) in [5.74, 6) is 1.58. The number of hydrogen-bond donors (Lipinski definition) is 0. The molecule has 2 aromatic rings. The van der Waals surface area contributed by atoms with Crippen LogP contribution in [0.25, 0.3) is 11.0 Å². The van der Waals surface area contributed by atoms with Crippen molar-refractivity contribution in [1.29, 1.82) is 0 Å². The van der Waals surface area contributed by atoms with E-state index in [4.69, 9.17) is 9.72 Å². The van der Waals surface area contributed by atoms with Crippen LogP contribution >= 0.6 is 0 Å². The summed E-state index contributed by atoms with van der Waals surface area (Å²) in [5, 5.41) is 0. The van der Waals surface area contributed by atoms with Crippen molar-refractivity contribution in [3.8, 4) is 0 Å². The standard InChI is InChI=1S/C18H23N3O2/c1-20-15-8-3-2-7-14(15)19-17(20)13-6-4-10-21(12-13)18(22)16-9-5-11-23-16/h2-3,7-8,13,16H,4-6,9-12H2,1H3. The van der Waals surface area contributed by atoms with Gasteiger partial charge in [-0.1, -0.05) is 12.1 Å². The van der Waals surface area contributed by atoms with Gasteiger partial charge >= 0.3 is 0 Å². The summed E-state index contributed by atoms with van der Waals surface area (Å²) in [6.07, 6.45) is 3.78. The first-order valence-corrected chi connectivity index (χ1v) is 8.56. The molecule has 4 rings (SSSR count). The third-order valence-corrected chi connectivity index (χ3v) is 5.13. The SMILES string of the molecule is Cn1c(C2CCCN(C(=O)C3CCCO3)C2)nc2ccccc21. The molecular weight excluding hydrogens is 290 g/mol. The van der Waals surface area contributed by atoms with Gasteiger partial charge in [0.05, 0.1) is 11.0 Å². The fraction of sp³-hybridized carbons (Fsp3) is 0.556. The first-order chi connectivity index (χ1) is 11.2. The van der Waals surface area contributed by atoms with Gasteiger partial charge in [0.2, 0.25) is 0 Å². The molecule has 0 saturated carbocycles. The van der Waals surface area contributed by atoms with E-state index in [1.165, 1.54) is 0 Å². The maximum Gasteiger partial charge on any atom is 0.251 e. The molecule has 2 unspecified atom stereocenters. The van der Waals surface area contributed by atoms with Gasteiger partial charge < -0.3 is 14.2 Å². The number of aryl methyl sites for hydroxylation is 1. The number of amides is 1. The summed E-state index contributed by atoms with van der Waals surface area (Å²) in [6.45, 7) is 2.33. The van der Waals surface area contributed by atoms with Crippen molar-refractivity contribution in [1.82, 2.24) is 14.5 Å². The second-order valence-electron chi connectivity index (χ2n) is 6.64. The Morgan fingerprint density at radius 3 is 2.91 bits per heavy atom. The first-order valence-electron chi connectivity index (χ1n) is 8.56. The fourth-order valence-corrected chi connectivity index (χ4v) is 3.89. The van der Waals surface area contributed by atoms with Gasteiger partial charge in [0.15, 0.2) is 0 Å². The molecule has 1 amide bonds. The molecule has 0 aliphatic carbocycles. The number of nitrogens with zero attached hydrogens (tertiary/aromatic N) is 3. The molecule has 3 heterocycles. The minimum Gasteiger partial charge on any atom is -0.368 e. The van der Waals surface area contributed by atoms with Gasteiger partial charge in [-0.15, -0.1) is 0 Å². The largest absolute Gasteiger partial charge is 0.368 e. The number of carbonyl (C=O) groups is 1. The Morgan fingerprint density at radius 2 is 2.13 bits per heavy atom. The molecule has 0 spiro atoms. The molecular formula is C18H23N3O2. The smallest absolute Gasteiger partial charge is 0.251 e. The van der Waals surface area contributed by atoms with Crippen LogP contribution < -0.4 is 0 Å². The second kappa shape index (κ2) is 5.96. The maximum absolute atomic E-state index is 12.6. The molecule has 2 atom stereocenters. The number of fused-ring (bicyclic) bond motifs is 1. The number of rotatable bonds is 2. The van der Waals surface area contributed by atoms with Crippen LogP contribution in [0.15, 0.2) is 24.3 Å². The maximum atomic E-state index is 12.6. The lowest BCUT2D eigenvalue weighted by Crippen LogP contribution is -2.44. The summed E-state index contributed by atoms with van der Waals surface area (Å²) >= 11 is 0. The molecule has 122 valence electrons. The van der Waals surface area contributed by atoms with Crippen LogP contribution in [0, 0.1) is 0 Å². The topological polar surface area (TPSA) is 47.4 Å². The molecule has 5 heteroatoms. The van der Waals surface area contributed by atoms with E-state index in [0.717, 1.165) is 62.2 Å². The Morgan fingerprint density at radius 1 is 1.26 bits per heavy atom. The van der Waals surface area contributed by atoms with Crippen molar-refractivity contribution >= 4 is 16.9 Å². The highest BCUT2D eigenvalue weighted by Crippen LogP contribution is 2.29. The summed E-state index contributed by atoms with van der Waals surface area (Å²) in [7, 11) is 2.07. The van der Waals surface area contributed by atoms with Gasteiger partial charge in [0.1, 0.15) is 11.9 Å². The van der Waals surface area contributed by atoms with Crippen molar-refractivity contribution in [2.75, 3.05) is 19.7 Å². The van der Waals surface area contributed by atoms with E-state index in [-0.39, 0.29) is 12.0 Å². The Bertz CT molecular complexity index is 718. The molecule has 0 bridgehead atoms. The zero-order valence-corrected chi connectivity index (χ0v) is 13.6. The Kier molecular flexibility index (Phi) is 3.81. The average Bonchev–Trinajstić information content (AvgIpc) is 3.23. The van der Waals surface area contributed by atoms with E-state index >= 15 is 0 Å². The predicted molar refractivity (Wildman–Crippen MR) is 88.2 cm³/mol. The minimum absolute atomic E-state index is 0.172. The zero-order chi connectivity index (χ0) is 15.8. The van der Waals surface area contributed by atoms with Gasteiger partial charge in [-0.25, -0.2) is 4.98 Å². The summed E-state index contributed by atoms with van der Waals surface area (Å²) in [5.41, 5.74) is 2.19. The van der Waals surface area contributed by atoms with E-state index in [2.05, 4.69) is 23.7 Å². The number of benzene rings is 1. The van der Waals surface area contributed by atoms with Crippen LogP contribution in [0.3, 0.4) is 0 Å². The lowest BCUT2D eigenvalue weighted by atomic mass is 9.96. The molecule has 1 aromatic carbocycles. The van der Waals surface area contributed by atoms with Crippen LogP contribution in [0.2, 0.25) is 0 Å². The highest BCUT2D eigenvalue weighted by Gasteiger charge is 2.33. The molecule has 2 fully saturated rings. The van der Waals surface area contributed by atoms with Crippen LogP contribution in [0.4, 0.5) is 0 Å². The molecule has 5 nitrogen and oxygen atoms in total. The zero-order valence-electron chi connectivity index (χ0n) is 13.6. The fourth-order valence-electron chi connectivity index (χ4n) is 3.89. The highest BCUT2D eigenvalue weighted by molar-refractivity contribution is 5.81. The van der Waals surface area contributed by atoms with Crippen molar-refractivity contribution in [2.24, 2.45) is 7.05 Å². The molecule has 2 aliphatic heterocycles. The second-order valence-corrected chi connectivity index (χ2v) is 6.64. The number of aromatic nitrogens is 2. The van der Waals surface area contributed by atoms with E-state index in [1.807, 2.05) is 17.0 Å². The Balaban J connectivity index is 1.56. The molecule has 0 radical (unpaired) electrons. The monoisotopic (exact) mass is 313 g/mol. The minimum atomic E-state index is -0.214. The van der Waals surface area contributed by atoms with Gasteiger partial charge in [-0.05, 0) is 37.8 Å². The van der Waals surface area contributed by atoms with E-state index in [9.17, 15) is 4.79 Å². The number of para-hydroxylation sites is 2. The highest BCUT2D eigenvalue weighted by atomic mass is 16.5. The quantitative estimate of drug-likeness (QED) is 0.855. The van der Waals surface area contributed by atoms with Gasteiger partial charge in [0.25, 0.3) is 5.91 Å². The van der Waals surface area contributed by atoms with Crippen molar-refractivity contribution in [2.45, 2.75) is 37.7 Å². The van der Waals surface area contributed by atoms with Crippen LogP contribution in [0.1, 0.15) is 37.4 Å². The lowest BCUT2D eigenvalue weighted by Gasteiger charge is -2.33. The van der Waals surface area contributed by atoms with Crippen molar-refractivity contribution in [3.05, 3.63) is 30.1 Å². The van der Waals surface area contributed by atoms with E-state index < -0.39 is 0 Å². The Labute approximate surface area is 136 Å². The van der Waals surface area contributed by atoms with Crippen molar-refractivity contribution in [3.63, 3.8) is 0 Å². The third-order valence-electron chi connectivity index (χ3n) is 5.13. The number of imidazole rings is 1. The molecule has 0 N–H and O–H groups in total. The number of carbonyl (C=O) groups excluding carboxylic acids is 1. The molecule has 1 aromatic heterocycles. The lowest BCUT2D eigenvalue weighted by molar-refractivity contribution is -0.142. The van der Waals surface area contributed by atoms with Crippen LogP contribution in [-0.4, -0.2) is 46.2 Å². The molecule has 2 aliphatic rings. The molecule has 23 heavy (non-hydrogen) atoms. The number of ether oxygens (including phenoxy) is 1. The average molecular weight is 313 g/mol. The van der Waals surface area contributed by atoms with Crippen LogP contribution in [0.5, 0.6) is 0 Å². The third kappa shape index (κ3) is 2.63. The number of likely N-dealkylation sites (tertiary alicyclic amines) is 1. The summed E-state index contributed by atoms with van der Waals surface area (Å²) in [4.78, 5) is 19.4. The number of piperidine rings is 1. The van der Waals surface area contributed by atoms with Crippen molar-refractivity contribution < 1.29 is 9.53 Å². The molecule has 2 saturated heterocycles. The number of hydrogen-bond acceptors (Lipinski definition) is 3. The van der Waals surface area contributed by atoms with E-state index in [1.54, 1.807) is 0 Å². The van der Waals surface area contributed by atoms with Crippen LogP contribution in [-0.2, 0) is 16.6 Å². The summed E-state index contributed by atoms with van der Waals surface area (Å²) < 4.78 is 7.75. The predicted octanol–water partition coefficient (Wildman–Crippen LogP) is 2.46. The van der Waals surface area contributed by atoms with Gasteiger partial charge in [0, 0.05) is 32.7 Å². The summed E-state index contributed by atoms with van der Waals surface area (Å²) in [6, 6.07) is 8.22. The van der Waals surface area contributed by atoms with E-state index in [0.29, 0.717) is 5.92 Å². The van der Waals surface area contributed by atoms with Gasteiger partial charge in [-0.2, -0.15) is 0 Å². The van der Waals surface area contributed by atoms with Gasteiger partial charge in [-0.3, -0.25) is 4.79 Å². The first kappa shape index (κ1) is 14.7.